The maximum atomic E-state index is 14.3. The molecule has 0 bridgehead atoms. The molecule has 0 spiro atoms. The fraction of sp³-hybridized carbons (Fsp3) is 0.538. The van der Waals surface area contributed by atoms with Crippen LogP contribution in [0.5, 0.6) is 11.5 Å². The Bertz CT molecular complexity index is 1580. The second kappa shape index (κ2) is 18.3. The molecule has 1 saturated heterocycles. The highest BCUT2D eigenvalue weighted by Gasteiger charge is 2.43. The molecule has 4 atom stereocenters. The minimum atomic E-state index is -3.84. The van der Waals surface area contributed by atoms with Crippen LogP contribution in [0.4, 0.5) is 5.69 Å². The van der Waals surface area contributed by atoms with Crippen LogP contribution >= 0.6 is 0 Å². The van der Waals surface area contributed by atoms with E-state index in [1.807, 2.05) is 43.3 Å². The zero-order valence-electron chi connectivity index (χ0n) is 30.0. The van der Waals surface area contributed by atoms with Crippen LogP contribution in [0.2, 0.25) is 0 Å². The predicted molar refractivity (Wildman–Crippen MR) is 195 cm³/mol. The first-order valence-corrected chi connectivity index (χ1v) is 19.2. The first kappa shape index (κ1) is 38.1. The van der Waals surface area contributed by atoms with Crippen LogP contribution in [-0.4, -0.2) is 96.4 Å². The summed E-state index contributed by atoms with van der Waals surface area (Å²) in [4.78, 5) is 2.59. The van der Waals surface area contributed by atoms with Crippen molar-refractivity contribution in [1.29, 1.82) is 0 Å². The number of anilines is 1. The SMILES string of the molecule is COCCCOc1ccc([C@H]2C[C@H](CC[C@H](C)O)N(S(=O)(=O)c3ccc(C)cc3)C[C@@H]2OCc2ccc3c(c2)N(CCCOC)CCO3)cc1. The minimum Gasteiger partial charge on any atom is -0.494 e. The summed E-state index contributed by atoms with van der Waals surface area (Å²) in [5.41, 5.74) is 4.09. The lowest BCUT2D eigenvalue weighted by Crippen LogP contribution is -2.52. The van der Waals surface area contributed by atoms with Crippen LogP contribution in [0.15, 0.2) is 71.6 Å². The Balaban J connectivity index is 1.42. The van der Waals surface area contributed by atoms with Gasteiger partial charge in [0.2, 0.25) is 10.0 Å². The number of piperidine rings is 1. The lowest BCUT2D eigenvalue weighted by Gasteiger charge is -2.43. The van der Waals surface area contributed by atoms with Crippen molar-refractivity contribution in [3.8, 4) is 11.5 Å². The highest BCUT2D eigenvalue weighted by atomic mass is 32.2. The molecule has 1 fully saturated rings. The average Bonchev–Trinajstić information content (AvgIpc) is 3.12. The third-order valence-electron chi connectivity index (χ3n) is 9.58. The van der Waals surface area contributed by atoms with E-state index in [2.05, 4.69) is 23.1 Å². The Kier molecular flexibility index (Phi) is 14.0. The van der Waals surface area contributed by atoms with Crippen molar-refractivity contribution in [2.45, 2.75) is 81.6 Å². The maximum Gasteiger partial charge on any atom is 0.243 e. The highest BCUT2D eigenvalue weighted by molar-refractivity contribution is 7.89. The maximum absolute atomic E-state index is 14.3. The summed E-state index contributed by atoms with van der Waals surface area (Å²) in [5.74, 6) is 1.56. The molecule has 10 nitrogen and oxygen atoms in total. The Hall–Kier alpha value is -3.19. The topological polar surface area (TPSA) is 107 Å². The second-order valence-corrected chi connectivity index (χ2v) is 15.3. The molecule has 2 heterocycles. The van der Waals surface area contributed by atoms with Gasteiger partial charge in [-0.25, -0.2) is 8.42 Å². The van der Waals surface area contributed by atoms with E-state index in [1.165, 1.54) is 0 Å². The molecule has 1 N–H and O–H groups in total. The van der Waals surface area contributed by atoms with Crippen LogP contribution in [0.25, 0.3) is 0 Å². The van der Waals surface area contributed by atoms with Crippen LogP contribution in [0.1, 0.15) is 61.6 Å². The van der Waals surface area contributed by atoms with Crippen LogP contribution in [0, 0.1) is 6.92 Å². The van der Waals surface area contributed by atoms with Crippen molar-refractivity contribution in [1.82, 2.24) is 4.31 Å². The monoisotopic (exact) mass is 710 g/mol. The third kappa shape index (κ3) is 9.98. The average molecular weight is 711 g/mol. The summed E-state index contributed by atoms with van der Waals surface area (Å²) in [6.07, 6.45) is 2.35. The van der Waals surface area contributed by atoms with Gasteiger partial charge in [0, 0.05) is 58.9 Å². The van der Waals surface area contributed by atoms with Gasteiger partial charge in [-0.2, -0.15) is 4.31 Å². The molecule has 2 aliphatic rings. The smallest absolute Gasteiger partial charge is 0.243 e. The molecule has 0 radical (unpaired) electrons. The van der Waals surface area contributed by atoms with Gasteiger partial charge in [0.05, 0.1) is 42.5 Å². The van der Waals surface area contributed by atoms with Gasteiger partial charge in [0.1, 0.15) is 18.1 Å². The number of hydrogen-bond donors (Lipinski definition) is 1. The number of aliphatic hydroxyl groups excluding tert-OH is 1. The van der Waals surface area contributed by atoms with E-state index in [0.29, 0.717) is 52.3 Å². The molecule has 0 unspecified atom stereocenters. The van der Waals surface area contributed by atoms with Gasteiger partial charge in [-0.15, -0.1) is 0 Å². The summed E-state index contributed by atoms with van der Waals surface area (Å²) >= 11 is 0. The molecule has 0 aromatic heterocycles. The van der Waals surface area contributed by atoms with Gasteiger partial charge >= 0.3 is 0 Å². The fourth-order valence-corrected chi connectivity index (χ4v) is 8.50. The number of nitrogens with zero attached hydrogens (tertiary/aromatic N) is 2. The second-order valence-electron chi connectivity index (χ2n) is 13.4. The van der Waals surface area contributed by atoms with Crippen molar-refractivity contribution in [2.24, 2.45) is 0 Å². The zero-order valence-corrected chi connectivity index (χ0v) is 30.8. The first-order valence-electron chi connectivity index (χ1n) is 17.8. The number of fused-ring (bicyclic) bond motifs is 1. The van der Waals surface area contributed by atoms with E-state index in [9.17, 15) is 13.5 Å². The lowest BCUT2D eigenvalue weighted by molar-refractivity contribution is -0.0221. The molecular formula is C39H54N2O8S. The standard InChI is InChI=1S/C39H54N2O8S/c1-29-7-16-35(17-8-29)50(43,44)41-27-39(49-28-31-10-18-38-37(25-31)40(20-24-48-38)19-5-21-45-3)36(26-33(41)13-9-30(2)42)32-11-14-34(15-12-32)47-23-6-22-46-4/h7-8,10-12,14-18,25,30,33,36,39,42H,5-6,9,13,19-24,26-28H2,1-4H3/t30-,33-,36+,39-/m0/s1. The molecule has 3 aromatic rings. The van der Waals surface area contributed by atoms with Crippen molar-refractivity contribution in [3.63, 3.8) is 0 Å². The Morgan fingerprint density at radius 3 is 2.42 bits per heavy atom. The van der Waals surface area contributed by atoms with Crippen molar-refractivity contribution in [3.05, 3.63) is 83.4 Å². The molecule has 50 heavy (non-hydrogen) atoms. The number of methoxy groups -OCH3 is 2. The molecule has 274 valence electrons. The summed E-state index contributed by atoms with van der Waals surface area (Å²) in [7, 11) is -0.444. The van der Waals surface area contributed by atoms with Crippen LogP contribution in [0.3, 0.4) is 0 Å². The zero-order chi connectivity index (χ0) is 35.5. The normalized spacial score (nSPS) is 20.3. The summed E-state index contributed by atoms with van der Waals surface area (Å²) in [6, 6.07) is 20.9. The summed E-state index contributed by atoms with van der Waals surface area (Å²) in [6.45, 7) is 8.40. The van der Waals surface area contributed by atoms with Gasteiger partial charge in [-0.3, -0.25) is 0 Å². The van der Waals surface area contributed by atoms with Crippen molar-refractivity contribution < 1.29 is 37.2 Å². The Labute approximate surface area is 298 Å². The van der Waals surface area contributed by atoms with E-state index in [1.54, 1.807) is 37.6 Å². The predicted octanol–water partition coefficient (Wildman–Crippen LogP) is 5.94. The van der Waals surface area contributed by atoms with Crippen LogP contribution < -0.4 is 14.4 Å². The first-order chi connectivity index (χ1) is 24.2. The van der Waals surface area contributed by atoms with Gasteiger partial charge < -0.3 is 33.7 Å². The molecule has 0 amide bonds. The third-order valence-corrected chi connectivity index (χ3v) is 11.5. The molecule has 3 aromatic carbocycles. The van der Waals surface area contributed by atoms with Crippen molar-refractivity contribution in [2.75, 3.05) is 65.2 Å². The van der Waals surface area contributed by atoms with Gasteiger partial charge in [0.15, 0.2) is 0 Å². The lowest BCUT2D eigenvalue weighted by atomic mass is 9.82. The van der Waals surface area contributed by atoms with Crippen molar-refractivity contribution >= 4 is 15.7 Å². The quantitative estimate of drug-likeness (QED) is 0.161. The molecule has 2 aliphatic heterocycles. The Morgan fingerprint density at radius 1 is 0.960 bits per heavy atom. The fourth-order valence-electron chi connectivity index (χ4n) is 6.82. The number of aryl methyl sites for hydroxylation is 1. The van der Waals surface area contributed by atoms with Crippen LogP contribution in [-0.2, 0) is 30.8 Å². The molecular weight excluding hydrogens is 657 g/mol. The number of sulfonamides is 1. The van der Waals surface area contributed by atoms with E-state index >= 15 is 0 Å². The van der Waals surface area contributed by atoms with E-state index in [4.69, 9.17) is 23.7 Å². The van der Waals surface area contributed by atoms with E-state index in [-0.39, 0.29) is 23.4 Å². The molecule has 0 saturated carbocycles. The summed E-state index contributed by atoms with van der Waals surface area (Å²) in [5, 5.41) is 10.2. The van der Waals surface area contributed by atoms with Gasteiger partial charge in [-0.05, 0) is 87.1 Å². The molecule has 0 aliphatic carbocycles. The highest BCUT2D eigenvalue weighted by Crippen LogP contribution is 2.40. The number of aliphatic hydroxyl groups is 1. The number of benzene rings is 3. The minimum absolute atomic E-state index is 0.0764. The van der Waals surface area contributed by atoms with E-state index < -0.39 is 22.2 Å². The number of rotatable bonds is 18. The van der Waals surface area contributed by atoms with Gasteiger partial charge in [0.25, 0.3) is 0 Å². The van der Waals surface area contributed by atoms with Gasteiger partial charge in [-0.1, -0.05) is 35.9 Å². The van der Waals surface area contributed by atoms with E-state index in [0.717, 1.165) is 59.8 Å². The summed E-state index contributed by atoms with van der Waals surface area (Å²) < 4.78 is 59.2. The molecule has 11 heteroatoms. The Morgan fingerprint density at radius 2 is 1.70 bits per heavy atom. The molecule has 5 rings (SSSR count). The number of ether oxygens (including phenoxy) is 5. The largest absolute Gasteiger partial charge is 0.494 e. The number of hydrogen-bond acceptors (Lipinski definition) is 9.